The molecule has 15 heteroatoms. The summed E-state index contributed by atoms with van der Waals surface area (Å²) in [6.07, 6.45) is 3.54. The van der Waals surface area contributed by atoms with E-state index in [0.29, 0.717) is 11.2 Å². The number of nitrogen functional groups attached to an aromatic ring is 1. The number of nitrogens with two attached hydrogens (primary N) is 1. The zero-order valence-corrected chi connectivity index (χ0v) is 34.1. The number of fused-ring (bicyclic) bond motifs is 1. The van der Waals surface area contributed by atoms with Gasteiger partial charge in [0.1, 0.15) is 35.4 Å². The average Bonchev–Trinajstić information content (AvgIpc) is 3.93. The minimum absolute atomic E-state index is 0.0180. The van der Waals surface area contributed by atoms with Crippen molar-refractivity contribution >= 4 is 54.3 Å². The molecule has 2 N–H and O–H groups in total. The van der Waals surface area contributed by atoms with Crippen molar-refractivity contribution in [2.24, 2.45) is 0 Å². The van der Waals surface area contributed by atoms with E-state index in [9.17, 15) is 0 Å². The monoisotopic (exact) mass is 797 g/mol. The molecule has 1 fully saturated rings. The van der Waals surface area contributed by atoms with E-state index in [1.54, 1.807) is 41.3 Å². The van der Waals surface area contributed by atoms with Crippen LogP contribution < -0.4 is 10.5 Å². The number of thiocarbonyl (C=S) groups is 1. The largest absolute Gasteiger partial charge is 0.497 e. The summed E-state index contributed by atoms with van der Waals surface area (Å²) in [5, 5.41) is -0.00714. The second kappa shape index (κ2) is 15.4. The van der Waals surface area contributed by atoms with E-state index in [-0.39, 0.29) is 27.9 Å². The maximum absolute atomic E-state index is 7.34. The van der Waals surface area contributed by atoms with Gasteiger partial charge in [-0.1, -0.05) is 93.6 Å². The minimum Gasteiger partial charge on any atom is -0.497 e. The lowest BCUT2D eigenvalue weighted by molar-refractivity contribution is -0.0928. The first-order chi connectivity index (χ1) is 26.3. The van der Waals surface area contributed by atoms with Gasteiger partial charge in [-0.3, -0.25) is 9.13 Å². The summed E-state index contributed by atoms with van der Waals surface area (Å²) in [5.74, 6) is 0.877. The molecule has 0 aliphatic carbocycles. The number of ether oxygens (including phenoxy) is 4. The van der Waals surface area contributed by atoms with E-state index in [0.717, 1.165) is 22.4 Å². The molecule has 6 aromatic rings. The van der Waals surface area contributed by atoms with Gasteiger partial charge in [-0.25, -0.2) is 9.97 Å². The second-order valence-corrected chi connectivity index (χ2v) is 20.3. The summed E-state index contributed by atoms with van der Waals surface area (Å²) in [7, 11) is -0.873. The summed E-state index contributed by atoms with van der Waals surface area (Å²) >= 11 is 12.2. The molecule has 7 rings (SSSR count). The van der Waals surface area contributed by atoms with Crippen LogP contribution in [0.2, 0.25) is 23.4 Å². The fraction of sp³-hybridized carbons (Fsp3) is 0.325. The zero-order valence-electron chi connectivity index (χ0n) is 31.5. The van der Waals surface area contributed by atoms with Crippen LogP contribution in [0.15, 0.2) is 110 Å². The van der Waals surface area contributed by atoms with Gasteiger partial charge in [0.2, 0.25) is 5.28 Å². The van der Waals surface area contributed by atoms with E-state index in [4.69, 9.17) is 52.9 Å². The number of imidazole rings is 2. The Labute approximate surface area is 331 Å². The van der Waals surface area contributed by atoms with Gasteiger partial charge in [-0.05, 0) is 70.8 Å². The molecule has 3 aromatic carbocycles. The van der Waals surface area contributed by atoms with E-state index in [1.165, 1.54) is 0 Å². The highest BCUT2D eigenvalue weighted by molar-refractivity contribution is 7.80. The summed E-state index contributed by atoms with van der Waals surface area (Å²) in [5.41, 5.74) is 8.69. The predicted molar refractivity (Wildman–Crippen MR) is 218 cm³/mol. The molecule has 286 valence electrons. The standard InChI is InChI=1S/C40H44ClN7O5SSi/c1-39(2,3)55(5,6)53-33-32(52-38(54)47-22-21-43-24-47)30(51-36(33)48-25-44-31-34(42)45-37(41)46-35(31)48)23-50-40(26-13-9-7-10-14-26,27-15-11-8-12-16-27)28-17-19-29(49-4)20-18-28/h7-22,24-25,30,32-33,36H,23H2,1-6H3,(H2,42,45,46)/t30-,32-,33?,36-/m1/s1. The molecular formula is C40H44ClN7O5SSi. The first-order valence-electron chi connectivity index (χ1n) is 17.9. The number of rotatable bonds is 11. The van der Waals surface area contributed by atoms with Gasteiger partial charge in [0.15, 0.2) is 32.1 Å². The summed E-state index contributed by atoms with van der Waals surface area (Å²) < 4.78 is 37.4. The van der Waals surface area contributed by atoms with Gasteiger partial charge in [0.05, 0.1) is 20.0 Å². The Morgan fingerprint density at radius 2 is 1.55 bits per heavy atom. The molecule has 0 spiro atoms. The first-order valence-corrected chi connectivity index (χ1v) is 21.6. The summed E-state index contributed by atoms with van der Waals surface area (Å²) in [6.45, 7) is 11.0. The number of anilines is 1. The average molecular weight is 798 g/mol. The molecule has 0 saturated carbocycles. The molecule has 0 radical (unpaired) electrons. The fourth-order valence-electron chi connectivity index (χ4n) is 6.62. The molecule has 1 aliphatic heterocycles. The molecule has 1 saturated heterocycles. The van der Waals surface area contributed by atoms with Gasteiger partial charge in [0.25, 0.3) is 5.17 Å². The van der Waals surface area contributed by atoms with Crippen molar-refractivity contribution in [2.45, 2.75) is 69.0 Å². The maximum atomic E-state index is 7.34. The van der Waals surface area contributed by atoms with Crippen LogP contribution in [0.5, 0.6) is 5.75 Å². The number of hydrogen-bond donors (Lipinski definition) is 1. The van der Waals surface area contributed by atoms with Crippen LogP contribution >= 0.6 is 23.8 Å². The van der Waals surface area contributed by atoms with Crippen LogP contribution in [-0.2, 0) is 24.2 Å². The van der Waals surface area contributed by atoms with E-state index >= 15 is 0 Å². The molecule has 1 unspecified atom stereocenters. The van der Waals surface area contributed by atoms with Gasteiger partial charge < -0.3 is 29.1 Å². The highest BCUT2D eigenvalue weighted by atomic mass is 35.5. The Bertz CT molecular complexity index is 2200. The number of hydrogen-bond acceptors (Lipinski definition) is 11. The Morgan fingerprint density at radius 1 is 0.909 bits per heavy atom. The number of methoxy groups -OCH3 is 1. The van der Waals surface area contributed by atoms with Crippen molar-refractivity contribution in [3.8, 4) is 5.75 Å². The number of aromatic nitrogens is 6. The van der Waals surface area contributed by atoms with Gasteiger partial charge in [-0.2, -0.15) is 9.97 Å². The van der Waals surface area contributed by atoms with Crippen LogP contribution in [0.3, 0.4) is 0 Å². The Balaban J connectivity index is 1.37. The van der Waals surface area contributed by atoms with Crippen molar-refractivity contribution in [2.75, 3.05) is 19.5 Å². The topological polar surface area (TPSA) is 134 Å². The molecule has 4 atom stereocenters. The SMILES string of the molecule is COc1ccc(C(OC[C@H]2O[C@@H](n3cnc4c(N)nc(Cl)nc43)C(O[Si](C)(C)C(C)(C)C)[C@@H]2OC(=S)n2ccnc2)(c2ccccc2)c2ccccc2)cc1. The number of halogens is 1. The highest BCUT2D eigenvalue weighted by Crippen LogP contribution is 2.46. The Morgan fingerprint density at radius 3 is 2.13 bits per heavy atom. The van der Waals surface area contributed by atoms with Crippen molar-refractivity contribution in [1.29, 1.82) is 0 Å². The Hall–Kier alpha value is -4.70. The molecule has 0 amide bonds. The zero-order chi connectivity index (χ0) is 39.0. The second-order valence-electron chi connectivity index (χ2n) is 14.9. The van der Waals surface area contributed by atoms with Gasteiger partial charge in [-0.15, -0.1) is 0 Å². The third kappa shape index (κ3) is 7.50. The lowest BCUT2D eigenvalue weighted by atomic mass is 9.80. The van der Waals surface area contributed by atoms with E-state index in [2.05, 4.69) is 78.1 Å². The first kappa shape index (κ1) is 38.6. The summed E-state index contributed by atoms with van der Waals surface area (Å²) in [6, 6.07) is 28.1. The lowest BCUT2D eigenvalue weighted by Crippen LogP contribution is -2.50. The van der Waals surface area contributed by atoms with Crippen LogP contribution in [0.1, 0.15) is 43.7 Å². The fourth-order valence-corrected chi connectivity index (χ4v) is 8.30. The molecule has 3 aromatic heterocycles. The maximum Gasteiger partial charge on any atom is 0.269 e. The smallest absolute Gasteiger partial charge is 0.269 e. The van der Waals surface area contributed by atoms with Crippen LogP contribution in [-0.4, -0.2) is 74.6 Å². The molecule has 55 heavy (non-hydrogen) atoms. The molecular weight excluding hydrogens is 754 g/mol. The van der Waals surface area contributed by atoms with Crippen molar-refractivity contribution in [3.05, 3.63) is 132 Å². The van der Waals surface area contributed by atoms with Gasteiger partial charge >= 0.3 is 0 Å². The van der Waals surface area contributed by atoms with Gasteiger partial charge in [0, 0.05) is 12.4 Å². The Kier molecular flexibility index (Phi) is 10.8. The van der Waals surface area contributed by atoms with Crippen LogP contribution in [0, 0.1) is 0 Å². The summed E-state index contributed by atoms with van der Waals surface area (Å²) in [4.78, 5) is 17.4. The third-order valence-electron chi connectivity index (χ3n) is 10.5. The quantitative estimate of drug-likeness (QED) is 0.0596. The van der Waals surface area contributed by atoms with E-state index < -0.39 is 38.5 Å². The molecule has 4 heterocycles. The lowest BCUT2D eigenvalue weighted by Gasteiger charge is -2.40. The van der Waals surface area contributed by atoms with Crippen molar-refractivity contribution in [1.82, 2.24) is 29.1 Å². The normalized spacial score (nSPS) is 19.1. The van der Waals surface area contributed by atoms with Crippen molar-refractivity contribution in [3.63, 3.8) is 0 Å². The number of benzene rings is 3. The molecule has 0 bridgehead atoms. The van der Waals surface area contributed by atoms with Crippen LogP contribution in [0.25, 0.3) is 11.2 Å². The number of nitrogens with zero attached hydrogens (tertiary/aromatic N) is 6. The molecule has 1 aliphatic rings. The molecule has 12 nitrogen and oxygen atoms in total. The minimum atomic E-state index is -2.52. The van der Waals surface area contributed by atoms with Crippen LogP contribution in [0.4, 0.5) is 5.82 Å². The van der Waals surface area contributed by atoms with E-state index in [1.807, 2.05) is 60.7 Å². The predicted octanol–water partition coefficient (Wildman–Crippen LogP) is 7.78. The highest BCUT2D eigenvalue weighted by Gasteiger charge is 2.54. The third-order valence-corrected chi connectivity index (χ3v) is 15.4. The van der Waals surface area contributed by atoms with Crippen molar-refractivity contribution < 1.29 is 23.4 Å².